The third-order valence-electron chi connectivity index (χ3n) is 15.3. The SMILES string of the molecule is CCCCCc1ccc2ccc3cccc4ccc1c2c34.CCCc1c2ccccc2cc2ccccc12.CCc1c2ccccc2cc2ccccc12.CCc1ccc2ccc3cccc4ccc1c2c34. The van der Waals surface area contributed by atoms with Crippen molar-refractivity contribution in [3.63, 3.8) is 0 Å². The molecule has 0 unspecified atom stereocenters. The summed E-state index contributed by atoms with van der Waals surface area (Å²) in [6, 6.07) is 79.7. The summed E-state index contributed by atoms with van der Waals surface area (Å²) in [5.74, 6) is 0. The van der Waals surface area contributed by atoms with Crippen LogP contribution in [0.2, 0.25) is 0 Å². The van der Waals surface area contributed by atoms with Gasteiger partial charge < -0.3 is 0 Å². The highest BCUT2D eigenvalue weighted by Crippen LogP contribution is 2.38. The van der Waals surface area contributed by atoms with Crippen LogP contribution in [0.1, 0.15) is 75.6 Å². The van der Waals surface area contributed by atoms with Crippen molar-refractivity contribution in [1.82, 2.24) is 0 Å². The summed E-state index contributed by atoms with van der Waals surface area (Å²) in [5, 5.41) is 27.8. The summed E-state index contributed by atoms with van der Waals surface area (Å²) in [7, 11) is 0. The van der Waals surface area contributed by atoms with Crippen LogP contribution in [0.5, 0.6) is 0 Å². The molecule has 14 rings (SSSR count). The van der Waals surface area contributed by atoms with Gasteiger partial charge in [-0.3, -0.25) is 0 Å². The van der Waals surface area contributed by atoms with Gasteiger partial charge in [0.05, 0.1) is 0 Å². The van der Waals surface area contributed by atoms with Crippen LogP contribution in [0, 0.1) is 0 Å². The summed E-state index contributed by atoms with van der Waals surface area (Å²) < 4.78 is 0. The van der Waals surface area contributed by atoms with Crippen LogP contribution >= 0.6 is 0 Å². The van der Waals surface area contributed by atoms with Gasteiger partial charge in [-0.1, -0.05) is 253 Å². The van der Waals surface area contributed by atoms with E-state index in [0.717, 1.165) is 19.3 Å². The molecule has 0 aromatic heterocycles. The second kappa shape index (κ2) is 20.9. The third kappa shape index (κ3) is 8.86. The molecule has 0 bridgehead atoms. The molecule has 0 fully saturated rings. The van der Waals surface area contributed by atoms with Crippen LogP contribution in [-0.2, 0) is 25.7 Å². The number of hydrogen-bond acceptors (Lipinski definition) is 0. The second-order valence-corrected chi connectivity index (χ2v) is 19.7. The van der Waals surface area contributed by atoms with E-state index in [9.17, 15) is 0 Å². The molecule has 0 heterocycles. The molecule has 0 aliphatic rings. The Hall–Kier alpha value is -7.80. The van der Waals surface area contributed by atoms with Gasteiger partial charge in [0.25, 0.3) is 0 Å². The molecular weight excluding hydrogens is 865 g/mol. The fraction of sp³-hybridized carbons (Fsp3) is 0.167. The van der Waals surface area contributed by atoms with Crippen LogP contribution in [0.4, 0.5) is 0 Å². The van der Waals surface area contributed by atoms with Crippen molar-refractivity contribution < 1.29 is 0 Å². The van der Waals surface area contributed by atoms with Gasteiger partial charge in [0.2, 0.25) is 0 Å². The van der Waals surface area contributed by atoms with Crippen LogP contribution in [0.25, 0.3) is 108 Å². The van der Waals surface area contributed by atoms with E-state index in [2.05, 4.69) is 246 Å². The summed E-state index contributed by atoms with van der Waals surface area (Å²) in [6.45, 7) is 8.97. The first kappa shape index (κ1) is 46.6. The molecule has 0 radical (unpaired) electrons. The van der Waals surface area contributed by atoms with Crippen molar-refractivity contribution in [3.05, 3.63) is 241 Å². The zero-order valence-electron chi connectivity index (χ0n) is 42.4. The Morgan fingerprint density at radius 2 is 0.597 bits per heavy atom. The minimum absolute atomic E-state index is 1.09. The first-order chi connectivity index (χ1) is 35.6. The van der Waals surface area contributed by atoms with Gasteiger partial charge in [0.1, 0.15) is 0 Å². The second-order valence-electron chi connectivity index (χ2n) is 19.7. The number of rotatable bonds is 8. The summed E-state index contributed by atoms with van der Waals surface area (Å²) in [4.78, 5) is 0. The van der Waals surface area contributed by atoms with Crippen molar-refractivity contribution in [2.45, 2.75) is 79.1 Å². The zero-order valence-corrected chi connectivity index (χ0v) is 42.4. The molecule has 0 spiro atoms. The van der Waals surface area contributed by atoms with E-state index in [1.54, 1.807) is 0 Å². The Balaban J connectivity index is 0.000000104. The lowest BCUT2D eigenvalue weighted by Crippen LogP contribution is -1.90. The van der Waals surface area contributed by atoms with Crippen molar-refractivity contribution in [3.8, 4) is 0 Å². The fourth-order valence-electron chi connectivity index (χ4n) is 11.8. The summed E-state index contributed by atoms with van der Waals surface area (Å²) in [6.07, 6.45) is 9.62. The van der Waals surface area contributed by atoms with E-state index in [-0.39, 0.29) is 0 Å². The lowest BCUT2D eigenvalue weighted by atomic mass is 9.90. The Morgan fingerprint density at radius 1 is 0.236 bits per heavy atom. The van der Waals surface area contributed by atoms with Gasteiger partial charge in [0.15, 0.2) is 0 Å². The van der Waals surface area contributed by atoms with Crippen LogP contribution < -0.4 is 0 Å². The number of unbranched alkanes of at least 4 members (excludes halogenated alkanes) is 2. The Labute approximate surface area is 425 Å². The highest BCUT2D eigenvalue weighted by Gasteiger charge is 2.12. The van der Waals surface area contributed by atoms with E-state index in [1.807, 2.05) is 0 Å². The molecule has 0 aliphatic heterocycles. The van der Waals surface area contributed by atoms with Gasteiger partial charge in [-0.05, 0) is 174 Å². The highest BCUT2D eigenvalue weighted by molar-refractivity contribution is 6.24. The lowest BCUT2D eigenvalue weighted by molar-refractivity contribution is 0.720. The molecule has 0 atom stereocenters. The average Bonchev–Trinajstić information content (AvgIpc) is 3.44. The van der Waals surface area contributed by atoms with Gasteiger partial charge >= 0.3 is 0 Å². The van der Waals surface area contributed by atoms with E-state index in [1.165, 1.54) is 162 Å². The summed E-state index contributed by atoms with van der Waals surface area (Å²) in [5.41, 5.74) is 5.92. The van der Waals surface area contributed by atoms with E-state index < -0.39 is 0 Å². The van der Waals surface area contributed by atoms with Crippen molar-refractivity contribution in [1.29, 1.82) is 0 Å². The van der Waals surface area contributed by atoms with Crippen molar-refractivity contribution in [2.75, 3.05) is 0 Å². The fourth-order valence-corrected chi connectivity index (χ4v) is 11.8. The Kier molecular flexibility index (Phi) is 13.5. The molecular formula is C72H64. The normalized spacial score (nSPS) is 11.5. The topological polar surface area (TPSA) is 0 Å². The van der Waals surface area contributed by atoms with E-state index >= 15 is 0 Å². The minimum atomic E-state index is 1.09. The molecule has 0 heteroatoms. The van der Waals surface area contributed by atoms with Gasteiger partial charge in [0, 0.05) is 0 Å². The quantitative estimate of drug-likeness (QED) is 0.0809. The largest absolute Gasteiger partial charge is 0.0654 e. The number of benzene rings is 14. The lowest BCUT2D eigenvalue weighted by Gasteiger charge is -2.13. The average molecular weight is 929 g/mol. The Bertz CT molecular complexity index is 4010. The maximum Gasteiger partial charge on any atom is -0.00240 e. The number of hydrogen-bond donors (Lipinski definition) is 0. The zero-order chi connectivity index (χ0) is 49.0. The molecule has 0 saturated heterocycles. The molecule has 0 nitrogen and oxygen atoms in total. The van der Waals surface area contributed by atoms with Crippen LogP contribution in [0.3, 0.4) is 0 Å². The molecule has 14 aromatic carbocycles. The standard InChI is InChI=1S/C21H20.C18H14.C17H16.C16H14/c1-2-3-4-6-15-9-10-18-12-11-16-7-5-8-17-13-14-19(15)21(18)20(16)17;1-2-12-6-7-15-9-8-13-4-3-5-14-10-11-16(12)18(15)17(13)14;1-2-7-17-15-10-5-3-8-13(15)12-14-9-4-6-11-16(14)17;1-2-14-15-9-5-3-7-12(15)11-13-8-4-6-10-16(13)14/h5,7-14H,2-4,6H2,1H3;3-11H,2H2,1H3;3-6,8-12H,2,7H2,1H3;3-11H,2H2,1H3. The van der Waals surface area contributed by atoms with E-state index in [0.29, 0.717) is 0 Å². The maximum atomic E-state index is 2.33. The predicted octanol–water partition coefficient (Wildman–Crippen LogP) is 21.0. The van der Waals surface area contributed by atoms with Crippen LogP contribution in [0.15, 0.2) is 218 Å². The molecule has 0 aliphatic carbocycles. The maximum absolute atomic E-state index is 2.33. The molecule has 0 saturated carbocycles. The molecule has 14 aromatic rings. The smallest absolute Gasteiger partial charge is 0.00240 e. The molecule has 0 amide bonds. The van der Waals surface area contributed by atoms with Crippen LogP contribution in [-0.4, -0.2) is 0 Å². The first-order valence-electron chi connectivity index (χ1n) is 26.7. The molecule has 0 N–H and O–H groups in total. The number of fused-ring (bicyclic) bond motifs is 4. The summed E-state index contributed by atoms with van der Waals surface area (Å²) >= 11 is 0. The van der Waals surface area contributed by atoms with Gasteiger partial charge in [-0.25, -0.2) is 0 Å². The highest BCUT2D eigenvalue weighted by atomic mass is 14.2. The van der Waals surface area contributed by atoms with Crippen molar-refractivity contribution >= 4 is 108 Å². The van der Waals surface area contributed by atoms with Crippen molar-refractivity contribution in [2.24, 2.45) is 0 Å². The Morgan fingerprint density at radius 3 is 1.01 bits per heavy atom. The minimum Gasteiger partial charge on any atom is -0.0654 e. The van der Waals surface area contributed by atoms with E-state index in [4.69, 9.17) is 0 Å². The van der Waals surface area contributed by atoms with Gasteiger partial charge in [-0.15, -0.1) is 0 Å². The monoisotopic (exact) mass is 929 g/mol. The number of aryl methyl sites for hydroxylation is 4. The van der Waals surface area contributed by atoms with Gasteiger partial charge in [-0.2, -0.15) is 0 Å². The predicted molar refractivity (Wildman–Crippen MR) is 319 cm³/mol. The molecule has 72 heavy (non-hydrogen) atoms. The first-order valence-corrected chi connectivity index (χ1v) is 26.7. The third-order valence-corrected chi connectivity index (χ3v) is 15.3. The molecule has 352 valence electrons.